The van der Waals surface area contributed by atoms with E-state index in [1.807, 2.05) is 24.3 Å². The Morgan fingerprint density at radius 3 is 2.71 bits per heavy atom. The molecule has 0 heterocycles. The molecule has 4 nitrogen and oxygen atoms in total. The molecule has 0 aromatic heterocycles. The summed E-state index contributed by atoms with van der Waals surface area (Å²) < 4.78 is 5.01. The Morgan fingerprint density at radius 2 is 2.12 bits per heavy atom. The van der Waals surface area contributed by atoms with E-state index >= 15 is 0 Å². The predicted molar refractivity (Wildman–Crippen MR) is 66.2 cm³/mol. The number of ether oxygens (including phenoxy) is 1. The van der Waals surface area contributed by atoms with E-state index in [4.69, 9.17) is 16.9 Å². The minimum Gasteiger partial charge on any atom is -0.445 e. The maximum atomic E-state index is 11.2. The molecule has 0 atom stereocenters. The maximum absolute atomic E-state index is 11.2. The number of nitrogens with two attached hydrogens (primary N) is 1. The molecule has 0 aliphatic rings. The highest BCUT2D eigenvalue weighted by molar-refractivity contribution is 5.67. The van der Waals surface area contributed by atoms with Gasteiger partial charge in [0.25, 0.3) is 0 Å². The molecular weight excluding hydrogens is 216 g/mol. The smallest absolute Gasteiger partial charge is 0.407 e. The largest absolute Gasteiger partial charge is 0.445 e. The first-order valence-electron chi connectivity index (χ1n) is 5.42. The minimum absolute atomic E-state index is 0.235. The molecule has 1 rings (SSSR count). The predicted octanol–water partition coefficient (Wildman–Crippen LogP) is 1.24. The Bertz CT molecular complexity index is 393. The first-order chi connectivity index (χ1) is 8.26. The van der Waals surface area contributed by atoms with E-state index in [0.29, 0.717) is 13.1 Å². The van der Waals surface area contributed by atoms with Crippen molar-refractivity contribution in [1.82, 2.24) is 5.32 Å². The van der Waals surface area contributed by atoms with Gasteiger partial charge in [-0.2, -0.15) is 0 Å². The first-order valence-corrected chi connectivity index (χ1v) is 5.42. The number of hydrogen-bond acceptors (Lipinski definition) is 3. The fourth-order valence-electron chi connectivity index (χ4n) is 1.19. The number of terminal acetylenes is 1. The first kappa shape index (κ1) is 13.1. The zero-order chi connectivity index (χ0) is 12.5. The highest BCUT2D eigenvalue weighted by atomic mass is 16.5. The monoisotopic (exact) mass is 232 g/mol. The van der Waals surface area contributed by atoms with Crippen LogP contribution in [0.15, 0.2) is 24.3 Å². The van der Waals surface area contributed by atoms with Crippen LogP contribution in [0.1, 0.15) is 17.5 Å². The summed E-state index contributed by atoms with van der Waals surface area (Å²) in [5.41, 5.74) is 7.01. The second-order valence-corrected chi connectivity index (χ2v) is 3.49. The van der Waals surface area contributed by atoms with Crippen molar-refractivity contribution in [2.45, 2.75) is 13.0 Å². The van der Waals surface area contributed by atoms with Gasteiger partial charge in [0.05, 0.1) is 0 Å². The van der Waals surface area contributed by atoms with Crippen LogP contribution < -0.4 is 11.1 Å². The van der Waals surface area contributed by atoms with Crippen molar-refractivity contribution in [3.63, 3.8) is 0 Å². The van der Waals surface area contributed by atoms with E-state index in [1.54, 1.807) is 0 Å². The van der Waals surface area contributed by atoms with E-state index in [1.165, 1.54) is 0 Å². The van der Waals surface area contributed by atoms with Gasteiger partial charge < -0.3 is 15.8 Å². The number of carbonyl (C=O) groups excluding carboxylic acids is 1. The maximum Gasteiger partial charge on any atom is 0.407 e. The van der Waals surface area contributed by atoms with Crippen molar-refractivity contribution < 1.29 is 9.53 Å². The Hall–Kier alpha value is -1.99. The number of alkyl carbamates (subject to hydrolysis) is 1. The number of hydrogen-bond donors (Lipinski definition) is 2. The van der Waals surface area contributed by atoms with Crippen molar-refractivity contribution in [1.29, 1.82) is 0 Å². The van der Waals surface area contributed by atoms with Gasteiger partial charge in [0.15, 0.2) is 0 Å². The molecule has 90 valence electrons. The normalized spacial score (nSPS) is 9.41. The Kier molecular flexibility index (Phi) is 5.62. The Morgan fingerprint density at radius 1 is 1.41 bits per heavy atom. The van der Waals surface area contributed by atoms with Crippen LogP contribution >= 0.6 is 0 Å². The lowest BCUT2D eigenvalue weighted by Gasteiger charge is -2.06. The molecule has 0 unspecified atom stereocenters. The summed E-state index contributed by atoms with van der Waals surface area (Å²) in [4.78, 5) is 11.2. The second-order valence-electron chi connectivity index (χ2n) is 3.49. The number of amides is 1. The van der Waals surface area contributed by atoms with E-state index in [9.17, 15) is 4.79 Å². The van der Waals surface area contributed by atoms with Gasteiger partial charge in [-0.05, 0) is 30.7 Å². The zero-order valence-corrected chi connectivity index (χ0v) is 9.61. The molecule has 0 aliphatic heterocycles. The molecule has 4 heteroatoms. The molecule has 17 heavy (non-hydrogen) atoms. The third-order valence-electron chi connectivity index (χ3n) is 2.14. The van der Waals surface area contributed by atoms with Crippen LogP contribution in [0.3, 0.4) is 0 Å². The summed E-state index contributed by atoms with van der Waals surface area (Å²) in [6.07, 6.45) is 5.55. The molecule has 1 amide bonds. The summed E-state index contributed by atoms with van der Waals surface area (Å²) in [7, 11) is 0. The molecule has 0 spiro atoms. The Balaban J connectivity index is 2.30. The summed E-state index contributed by atoms with van der Waals surface area (Å²) in [6.45, 7) is 1.32. The lowest BCUT2D eigenvalue weighted by Crippen LogP contribution is -2.26. The van der Waals surface area contributed by atoms with Gasteiger partial charge in [-0.25, -0.2) is 4.79 Å². The Labute approximate surface area is 101 Å². The van der Waals surface area contributed by atoms with Gasteiger partial charge in [0.2, 0.25) is 0 Å². The molecule has 0 radical (unpaired) electrons. The molecule has 0 fully saturated rings. The summed E-state index contributed by atoms with van der Waals surface area (Å²) in [6, 6.07) is 7.29. The second kappa shape index (κ2) is 7.31. The van der Waals surface area contributed by atoms with Gasteiger partial charge in [-0.1, -0.05) is 18.1 Å². The van der Waals surface area contributed by atoms with Crippen molar-refractivity contribution in [2.24, 2.45) is 5.73 Å². The number of rotatable bonds is 5. The number of benzene rings is 1. The van der Waals surface area contributed by atoms with Crippen LogP contribution in [-0.2, 0) is 11.3 Å². The third-order valence-corrected chi connectivity index (χ3v) is 2.14. The van der Waals surface area contributed by atoms with Crippen LogP contribution in [0.4, 0.5) is 4.79 Å². The van der Waals surface area contributed by atoms with Gasteiger partial charge in [0.1, 0.15) is 6.61 Å². The van der Waals surface area contributed by atoms with Crippen LogP contribution in [0, 0.1) is 12.3 Å². The zero-order valence-electron chi connectivity index (χ0n) is 9.61. The van der Waals surface area contributed by atoms with E-state index in [2.05, 4.69) is 11.2 Å². The average Bonchev–Trinajstić information content (AvgIpc) is 2.37. The SMILES string of the molecule is C#Cc1ccc(COC(=O)NCCCN)cc1. The molecular formula is C13H16N2O2. The molecule has 3 N–H and O–H groups in total. The summed E-state index contributed by atoms with van der Waals surface area (Å²) in [5, 5.41) is 2.60. The van der Waals surface area contributed by atoms with E-state index < -0.39 is 6.09 Å². The fourth-order valence-corrected chi connectivity index (χ4v) is 1.19. The fraction of sp³-hybridized carbons (Fsp3) is 0.308. The molecule has 1 aromatic rings. The van der Waals surface area contributed by atoms with Gasteiger partial charge in [-0.3, -0.25) is 0 Å². The molecule has 0 aliphatic carbocycles. The van der Waals surface area contributed by atoms with Gasteiger partial charge >= 0.3 is 6.09 Å². The highest BCUT2D eigenvalue weighted by Gasteiger charge is 2.01. The van der Waals surface area contributed by atoms with Gasteiger partial charge in [-0.15, -0.1) is 6.42 Å². The summed E-state index contributed by atoms with van der Waals surface area (Å²) in [5.74, 6) is 2.52. The average molecular weight is 232 g/mol. The number of nitrogens with one attached hydrogen (secondary N) is 1. The van der Waals surface area contributed by atoms with Crippen molar-refractivity contribution in [3.05, 3.63) is 35.4 Å². The topological polar surface area (TPSA) is 64.3 Å². The quantitative estimate of drug-likeness (QED) is 0.593. The minimum atomic E-state index is -0.431. The van der Waals surface area contributed by atoms with E-state index in [0.717, 1.165) is 17.5 Å². The lowest BCUT2D eigenvalue weighted by molar-refractivity contribution is 0.139. The standard InChI is InChI=1S/C13H16N2O2/c1-2-11-4-6-12(7-5-11)10-17-13(16)15-9-3-8-14/h1,4-7H,3,8-10,14H2,(H,15,16). The van der Waals surface area contributed by atoms with Crippen molar-refractivity contribution >= 4 is 6.09 Å². The summed E-state index contributed by atoms with van der Waals surface area (Å²) >= 11 is 0. The molecule has 0 saturated carbocycles. The highest BCUT2D eigenvalue weighted by Crippen LogP contribution is 2.04. The van der Waals surface area contributed by atoms with Gasteiger partial charge in [0, 0.05) is 12.1 Å². The van der Waals surface area contributed by atoms with E-state index in [-0.39, 0.29) is 6.61 Å². The van der Waals surface area contributed by atoms with Crippen LogP contribution in [0.2, 0.25) is 0 Å². The van der Waals surface area contributed by atoms with Crippen LogP contribution in [-0.4, -0.2) is 19.2 Å². The van der Waals surface area contributed by atoms with Crippen molar-refractivity contribution in [3.8, 4) is 12.3 Å². The van der Waals surface area contributed by atoms with Crippen LogP contribution in [0.5, 0.6) is 0 Å². The third kappa shape index (κ3) is 5.05. The number of carbonyl (C=O) groups is 1. The van der Waals surface area contributed by atoms with Crippen molar-refractivity contribution in [2.75, 3.05) is 13.1 Å². The van der Waals surface area contributed by atoms with Crippen LogP contribution in [0.25, 0.3) is 0 Å². The molecule has 0 saturated heterocycles. The molecule has 0 bridgehead atoms. The molecule has 1 aromatic carbocycles. The lowest BCUT2D eigenvalue weighted by atomic mass is 10.1.